The summed E-state index contributed by atoms with van der Waals surface area (Å²) in [7, 11) is 0. The van der Waals surface area contributed by atoms with Crippen molar-refractivity contribution in [1.29, 1.82) is 0 Å². The normalized spacial score (nSPS) is 14.7. The molecule has 1 fully saturated rings. The van der Waals surface area contributed by atoms with E-state index in [1.54, 1.807) is 17.1 Å². The zero-order chi connectivity index (χ0) is 13.2. The SMILES string of the molecule is O=C(CCCn1nnc2cnccc21)[N+](=O)C1CC1. The Morgan fingerprint density at radius 3 is 3.11 bits per heavy atom. The van der Waals surface area contributed by atoms with Gasteiger partial charge in [-0.2, -0.15) is 0 Å². The van der Waals surface area contributed by atoms with Crippen LogP contribution in [0.15, 0.2) is 18.5 Å². The molecule has 0 spiro atoms. The fourth-order valence-corrected chi connectivity index (χ4v) is 1.99. The molecule has 3 rings (SSSR count). The summed E-state index contributed by atoms with van der Waals surface area (Å²) in [5.41, 5.74) is 1.63. The summed E-state index contributed by atoms with van der Waals surface area (Å²) in [5.74, 6) is -0.325. The van der Waals surface area contributed by atoms with Gasteiger partial charge in [0.25, 0.3) is 0 Å². The van der Waals surface area contributed by atoms with Crippen LogP contribution in [0, 0.1) is 4.91 Å². The molecular formula is C12H14N5O2+. The maximum Gasteiger partial charge on any atom is 0.433 e. The molecule has 0 saturated heterocycles. The summed E-state index contributed by atoms with van der Waals surface area (Å²) in [6.07, 6.45) is 5.86. The minimum absolute atomic E-state index is 0.0641. The van der Waals surface area contributed by atoms with Gasteiger partial charge in [0.15, 0.2) is 0 Å². The van der Waals surface area contributed by atoms with E-state index in [9.17, 15) is 9.70 Å². The molecule has 2 aromatic heterocycles. The van der Waals surface area contributed by atoms with Crippen LogP contribution in [0.1, 0.15) is 25.7 Å². The van der Waals surface area contributed by atoms with Crippen molar-refractivity contribution >= 4 is 16.9 Å². The molecule has 0 N–H and O–H groups in total. The number of rotatable bonds is 5. The highest BCUT2D eigenvalue weighted by Gasteiger charge is 2.42. The molecule has 7 heteroatoms. The van der Waals surface area contributed by atoms with Crippen LogP contribution in [-0.2, 0) is 11.3 Å². The van der Waals surface area contributed by atoms with E-state index in [0.29, 0.717) is 17.7 Å². The van der Waals surface area contributed by atoms with Gasteiger partial charge in [-0.1, -0.05) is 5.21 Å². The zero-order valence-corrected chi connectivity index (χ0v) is 10.4. The first-order valence-corrected chi connectivity index (χ1v) is 6.38. The molecule has 0 unspecified atom stereocenters. The number of nitroso groups, excluding NO2 is 1. The molecule has 98 valence electrons. The number of hydrogen-bond donors (Lipinski definition) is 0. The van der Waals surface area contributed by atoms with Crippen LogP contribution in [0.25, 0.3) is 11.0 Å². The Balaban J connectivity index is 1.57. The van der Waals surface area contributed by atoms with Crippen molar-refractivity contribution in [2.24, 2.45) is 0 Å². The van der Waals surface area contributed by atoms with E-state index in [1.807, 2.05) is 6.07 Å². The average molecular weight is 260 g/mol. The largest absolute Gasteiger partial charge is 0.433 e. The van der Waals surface area contributed by atoms with Crippen molar-refractivity contribution in [2.75, 3.05) is 0 Å². The van der Waals surface area contributed by atoms with Crippen LogP contribution in [-0.4, -0.2) is 36.7 Å². The van der Waals surface area contributed by atoms with Crippen LogP contribution in [0.5, 0.6) is 0 Å². The van der Waals surface area contributed by atoms with Gasteiger partial charge in [0.2, 0.25) is 6.04 Å². The summed E-state index contributed by atoms with van der Waals surface area (Å²) in [6, 6.07) is 1.77. The molecule has 0 aliphatic heterocycles. The quantitative estimate of drug-likeness (QED) is 0.751. The van der Waals surface area contributed by atoms with Gasteiger partial charge in [-0.25, -0.2) is 9.48 Å². The fourth-order valence-electron chi connectivity index (χ4n) is 1.99. The molecule has 19 heavy (non-hydrogen) atoms. The summed E-state index contributed by atoms with van der Waals surface area (Å²) < 4.78 is 2.36. The highest BCUT2D eigenvalue weighted by Crippen LogP contribution is 2.23. The topological polar surface area (TPSA) is 80.8 Å². The van der Waals surface area contributed by atoms with E-state index in [-0.39, 0.29) is 18.4 Å². The highest BCUT2D eigenvalue weighted by molar-refractivity contribution is 5.72. The van der Waals surface area contributed by atoms with Gasteiger partial charge in [-0.3, -0.25) is 4.98 Å². The molecule has 2 heterocycles. The van der Waals surface area contributed by atoms with E-state index in [1.165, 1.54) is 0 Å². The van der Waals surface area contributed by atoms with Crippen molar-refractivity contribution in [3.8, 4) is 0 Å². The fraction of sp³-hybridized carbons (Fsp3) is 0.500. The van der Waals surface area contributed by atoms with Crippen LogP contribution in [0.2, 0.25) is 0 Å². The standard InChI is InChI=1S/C12H14N5O2/c18-12(17(19)9-3-4-9)2-1-7-16-11-5-6-13-8-10(11)14-15-16/h5-6,8-9H,1-4,7H2/q+1. The number of fused-ring (bicyclic) bond motifs is 1. The molecule has 0 aromatic carbocycles. The molecular weight excluding hydrogens is 246 g/mol. The van der Waals surface area contributed by atoms with Crippen molar-refractivity contribution < 1.29 is 9.55 Å². The summed E-state index contributed by atoms with van der Waals surface area (Å²) in [4.78, 5) is 27.0. The Kier molecular flexibility index (Phi) is 3.02. The molecule has 7 nitrogen and oxygen atoms in total. The lowest BCUT2D eigenvalue weighted by molar-refractivity contribution is -0.483. The lowest BCUT2D eigenvalue weighted by atomic mass is 10.3. The molecule has 0 bridgehead atoms. The first kappa shape index (κ1) is 11.9. The predicted molar refractivity (Wildman–Crippen MR) is 66.2 cm³/mol. The number of aryl methyl sites for hydroxylation is 1. The van der Waals surface area contributed by atoms with Gasteiger partial charge < -0.3 is 0 Å². The van der Waals surface area contributed by atoms with E-state index in [0.717, 1.165) is 23.9 Å². The van der Waals surface area contributed by atoms with Crippen LogP contribution >= 0.6 is 0 Å². The van der Waals surface area contributed by atoms with Crippen molar-refractivity contribution in [3.63, 3.8) is 0 Å². The van der Waals surface area contributed by atoms with Crippen LogP contribution in [0.3, 0.4) is 0 Å². The van der Waals surface area contributed by atoms with E-state index in [4.69, 9.17) is 0 Å². The number of carbonyl (C=O) groups is 1. The average Bonchev–Trinajstić information content (AvgIpc) is 3.20. The molecule has 1 aliphatic rings. The Labute approximate surface area is 109 Å². The number of amides is 1. The van der Waals surface area contributed by atoms with E-state index < -0.39 is 0 Å². The molecule has 1 aliphatic carbocycles. The van der Waals surface area contributed by atoms with Crippen molar-refractivity contribution in [3.05, 3.63) is 23.4 Å². The van der Waals surface area contributed by atoms with E-state index in [2.05, 4.69) is 15.3 Å². The number of aromatic nitrogens is 4. The predicted octanol–water partition coefficient (Wildman–Crippen LogP) is 1.07. The number of pyridine rings is 1. The lowest BCUT2D eigenvalue weighted by Crippen LogP contribution is -2.20. The monoisotopic (exact) mass is 260 g/mol. The number of hydrogen-bond acceptors (Lipinski definition) is 5. The molecule has 2 aromatic rings. The van der Waals surface area contributed by atoms with Gasteiger partial charge in [-0.15, -0.1) is 5.10 Å². The smallest absolute Gasteiger partial charge is 0.262 e. The highest BCUT2D eigenvalue weighted by atomic mass is 16.3. The van der Waals surface area contributed by atoms with Gasteiger partial charge in [0, 0.05) is 30.5 Å². The second-order valence-electron chi connectivity index (χ2n) is 4.73. The summed E-state index contributed by atoms with van der Waals surface area (Å²) >= 11 is 0. The Morgan fingerprint density at radius 1 is 1.47 bits per heavy atom. The second-order valence-corrected chi connectivity index (χ2v) is 4.73. The third-order valence-electron chi connectivity index (χ3n) is 3.20. The molecule has 1 saturated carbocycles. The lowest BCUT2D eigenvalue weighted by Gasteiger charge is -1.99. The third-order valence-corrected chi connectivity index (χ3v) is 3.20. The molecule has 0 atom stereocenters. The minimum atomic E-state index is -0.325. The van der Waals surface area contributed by atoms with Gasteiger partial charge in [0.05, 0.1) is 22.9 Å². The Hall–Kier alpha value is -2.18. The van der Waals surface area contributed by atoms with Gasteiger partial charge in [-0.05, 0) is 12.5 Å². The summed E-state index contributed by atoms with van der Waals surface area (Å²) in [6.45, 7) is 0.574. The summed E-state index contributed by atoms with van der Waals surface area (Å²) in [5, 5.41) is 7.99. The number of nitrogens with zero attached hydrogens (tertiary/aromatic N) is 5. The first-order valence-electron chi connectivity index (χ1n) is 6.38. The first-order chi connectivity index (χ1) is 9.25. The zero-order valence-electron chi connectivity index (χ0n) is 10.4. The molecule has 0 radical (unpaired) electrons. The van der Waals surface area contributed by atoms with Crippen molar-refractivity contribution in [1.82, 2.24) is 20.0 Å². The second kappa shape index (κ2) is 4.83. The maximum atomic E-state index is 11.6. The Bertz CT molecular complexity index is 632. The number of carbonyl (C=O) groups excluding carboxylic acids is 1. The molecule has 1 amide bonds. The minimum Gasteiger partial charge on any atom is -0.262 e. The maximum absolute atomic E-state index is 11.6. The van der Waals surface area contributed by atoms with Gasteiger partial charge >= 0.3 is 5.91 Å². The van der Waals surface area contributed by atoms with Crippen LogP contribution in [0.4, 0.5) is 0 Å². The Morgan fingerprint density at radius 2 is 2.32 bits per heavy atom. The van der Waals surface area contributed by atoms with Crippen molar-refractivity contribution in [2.45, 2.75) is 38.3 Å². The van der Waals surface area contributed by atoms with Gasteiger partial charge in [0.1, 0.15) is 5.52 Å². The van der Waals surface area contributed by atoms with Crippen LogP contribution < -0.4 is 0 Å². The third kappa shape index (κ3) is 2.49. The van der Waals surface area contributed by atoms with E-state index >= 15 is 0 Å².